The highest BCUT2D eigenvalue weighted by molar-refractivity contribution is 5.28. The number of halogens is 1. The number of phenolic OH excluding ortho intramolecular Hbond substituents is 1. The molecule has 3 nitrogen and oxygen atoms in total. The van der Waals surface area contributed by atoms with Crippen molar-refractivity contribution in [3.63, 3.8) is 0 Å². The number of rotatable bonds is 3. The predicted octanol–water partition coefficient (Wildman–Crippen LogP) is 1.75. The van der Waals surface area contributed by atoms with Crippen molar-refractivity contribution in [2.75, 3.05) is 20.2 Å². The number of hydrogen-bond acceptors (Lipinski definition) is 3. The lowest BCUT2D eigenvalue weighted by molar-refractivity contribution is 0.107. The van der Waals surface area contributed by atoms with E-state index < -0.39 is 5.82 Å². The highest BCUT2D eigenvalue weighted by Gasteiger charge is 2.21. The number of hydrogen-bond donors (Lipinski definition) is 1. The van der Waals surface area contributed by atoms with E-state index in [9.17, 15) is 9.50 Å². The standard InChI is InChI=1S/C12H16FNO2/c1-16-12-2-3-14(8-12)7-9-4-10(13)6-11(15)5-9/h4-6,12,15H,2-3,7-8H2,1H3. The predicted molar refractivity (Wildman–Crippen MR) is 58.8 cm³/mol. The van der Waals surface area contributed by atoms with Crippen LogP contribution in [0.15, 0.2) is 18.2 Å². The minimum absolute atomic E-state index is 0.0162. The third-order valence-electron chi connectivity index (χ3n) is 2.91. The van der Waals surface area contributed by atoms with Crippen LogP contribution in [0, 0.1) is 5.82 Å². The highest BCUT2D eigenvalue weighted by Crippen LogP contribution is 2.19. The van der Waals surface area contributed by atoms with E-state index in [0.717, 1.165) is 31.1 Å². The van der Waals surface area contributed by atoms with Crippen molar-refractivity contribution in [2.24, 2.45) is 0 Å². The summed E-state index contributed by atoms with van der Waals surface area (Å²) < 4.78 is 18.3. The second kappa shape index (κ2) is 4.80. The second-order valence-corrected chi connectivity index (χ2v) is 4.20. The molecule has 0 spiro atoms. The Hall–Kier alpha value is -1.13. The average Bonchev–Trinajstić information content (AvgIpc) is 2.64. The molecule has 16 heavy (non-hydrogen) atoms. The fourth-order valence-electron chi connectivity index (χ4n) is 2.12. The van der Waals surface area contributed by atoms with Crippen molar-refractivity contribution in [2.45, 2.75) is 19.1 Å². The Kier molecular flexibility index (Phi) is 3.41. The van der Waals surface area contributed by atoms with E-state index in [1.165, 1.54) is 6.07 Å². The fourth-order valence-corrected chi connectivity index (χ4v) is 2.12. The van der Waals surface area contributed by atoms with Gasteiger partial charge in [-0.05, 0) is 24.1 Å². The summed E-state index contributed by atoms with van der Waals surface area (Å²) in [5, 5.41) is 9.28. The molecule has 1 unspecified atom stereocenters. The smallest absolute Gasteiger partial charge is 0.127 e. The zero-order chi connectivity index (χ0) is 11.5. The van der Waals surface area contributed by atoms with Gasteiger partial charge in [0.1, 0.15) is 11.6 Å². The van der Waals surface area contributed by atoms with E-state index in [0.29, 0.717) is 6.54 Å². The van der Waals surface area contributed by atoms with Crippen LogP contribution in [0.5, 0.6) is 5.75 Å². The Bertz CT molecular complexity index is 350. The molecule has 0 amide bonds. The summed E-state index contributed by atoms with van der Waals surface area (Å²) in [6, 6.07) is 4.18. The van der Waals surface area contributed by atoms with Crippen LogP contribution in [0.2, 0.25) is 0 Å². The number of ether oxygens (including phenoxy) is 1. The van der Waals surface area contributed by atoms with Crippen molar-refractivity contribution < 1.29 is 14.2 Å². The zero-order valence-electron chi connectivity index (χ0n) is 9.32. The monoisotopic (exact) mass is 225 g/mol. The van der Waals surface area contributed by atoms with Gasteiger partial charge in [0.2, 0.25) is 0 Å². The van der Waals surface area contributed by atoms with E-state index in [-0.39, 0.29) is 11.9 Å². The fraction of sp³-hybridized carbons (Fsp3) is 0.500. The zero-order valence-corrected chi connectivity index (χ0v) is 9.32. The van der Waals surface area contributed by atoms with Crippen molar-refractivity contribution in [1.29, 1.82) is 0 Å². The largest absolute Gasteiger partial charge is 0.508 e. The molecular formula is C12H16FNO2. The van der Waals surface area contributed by atoms with E-state index in [2.05, 4.69) is 4.90 Å². The summed E-state index contributed by atoms with van der Waals surface area (Å²) in [7, 11) is 1.71. The molecule has 1 aromatic carbocycles. The number of phenols is 1. The SMILES string of the molecule is COC1CCN(Cc2cc(O)cc(F)c2)C1. The number of benzene rings is 1. The highest BCUT2D eigenvalue weighted by atomic mass is 19.1. The second-order valence-electron chi connectivity index (χ2n) is 4.20. The van der Waals surface area contributed by atoms with Crippen LogP contribution < -0.4 is 0 Å². The summed E-state index contributed by atoms with van der Waals surface area (Å²) in [6.07, 6.45) is 1.29. The van der Waals surface area contributed by atoms with Crippen LogP contribution in [0.25, 0.3) is 0 Å². The molecule has 2 rings (SSSR count). The van der Waals surface area contributed by atoms with Gasteiger partial charge in [0.05, 0.1) is 6.10 Å². The van der Waals surface area contributed by atoms with Gasteiger partial charge in [-0.2, -0.15) is 0 Å². The molecule has 1 heterocycles. The molecule has 1 saturated heterocycles. The van der Waals surface area contributed by atoms with Crippen LogP contribution in [0.4, 0.5) is 4.39 Å². The summed E-state index contributed by atoms with van der Waals surface area (Å²) in [5.41, 5.74) is 0.800. The Morgan fingerprint density at radius 2 is 2.31 bits per heavy atom. The van der Waals surface area contributed by atoms with Gasteiger partial charge in [-0.1, -0.05) is 0 Å². The Labute approximate surface area is 94.4 Å². The van der Waals surface area contributed by atoms with Crippen LogP contribution in [0.3, 0.4) is 0 Å². The minimum Gasteiger partial charge on any atom is -0.508 e. The Balaban J connectivity index is 1.99. The topological polar surface area (TPSA) is 32.7 Å². The van der Waals surface area contributed by atoms with E-state index in [4.69, 9.17) is 4.74 Å². The molecule has 0 bridgehead atoms. The van der Waals surface area contributed by atoms with Crippen molar-refractivity contribution >= 4 is 0 Å². The third kappa shape index (κ3) is 2.71. The van der Waals surface area contributed by atoms with Crippen molar-refractivity contribution in [3.8, 4) is 5.75 Å². The maximum Gasteiger partial charge on any atom is 0.127 e. The van der Waals surface area contributed by atoms with Gasteiger partial charge in [0.25, 0.3) is 0 Å². The number of methoxy groups -OCH3 is 1. The summed E-state index contributed by atoms with van der Waals surface area (Å²) in [4.78, 5) is 2.20. The Morgan fingerprint density at radius 1 is 1.50 bits per heavy atom. The molecule has 1 aliphatic heterocycles. The number of aromatic hydroxyl groups is 1. The summed E-state index contributed by atoms with van der Waals surface area (Å²) in [5.74, 6) is -0.407. The van der Waals surface area contributed by atoms with E-state index in [1.54, 1.807) is 13.2 Å². The molecule has 1 aliphatic rings. The van der Waals surface area contributed by atoms with Crippen LogP contribution in [-0.4, -0.2) is 36.3 Å². The molecule has 88 valence electrons. The third-order valence-corrected chi connectivity index (χ3v) is 2.91. The average molecular weight is 225 g/mol. The lowest BCUT2D eigenvalue weighted by Gasteiger charge is -2.15. The molecule has 1 fully saturated rings. The normalized spacial score (nSPS) is 21.5. The van der Waals surface area contributed by atoms with Crippen molar-refractivity contribution in [1.82, 2.24) is 4.90 Å². The molecule has 1 aromatic rings. The van der Waals surface area contributed by atoms with Crippen LogP contribution in [0.1, 0.15) is 12.0 Å². The quantitative estimate of drug-likeness (QED) is 0.850. The first-order chi connectivity index (χ1) is 7.67. The van der Waals surface area contributed by atoms with Gasteiger partial charge in [-0.25, -0.2) is 4.39 Å². The van der Waals surface area contributed by atoms with Gasteiger partial charge in [0.15, 0.2) is 0 Å². The number of likely N-dealkylation sites (tertiary alicyclic amines) is 1. The van der Waals surface area contributed by atoms with Gasteiger partial charge < -0.3 is 9.84 Å². The van der Waals surface area contributed by atoms with Gasteiger partial charge in [-0.15, -0.1) is 0 Å². The maximum atomic E-state index is 13.0. The molecule has 1 N–H and O–H groups in total. The molecule has 4 heteroatoms. The lowest BCUT2D eigenvalue weighted by Crippen LogP contribution is -2.22. The van der Waals surface area contributed by atoms with E-state index >= 15 is 0 Å². The first-order valence-corrected chi connectivity index (χ1v) is 5.41. The molecule has 1 atom stereocenters. The first-order valence-electron chi connectivity index (χ1n) is 5.41. The lowest BCUT2D eigenvalue weighted by atomic mass is 10.2. The van der Waals surface area contributed by atoms with Gasteiger partial charge in [-0.3, -0.25) is 4.90 Å². The molecule has 0 radical (unpaired) electrons. The number of nitrogens with zero attached hydrogens (tertiary/aromatic N) is 1. The van der Waals surface area contributed by atoms with Crippen LogP contribution >= 0.6 is 0 Å². The summed E-state index contributed by atoms with van der Waals surface area (Å²) >= 11 is 0. The van der Waals surface area contributed by atoms with Gasteiger partial charge >= 0.3 is 0 Å². The molecule has 0 saturated carbocycles. The minimum atomic E-state index is -0.391. The molecular weight excluding hydrogens is 209 g/mol. The van der Waals surface area contributed by atoms with Crippen LogP contribution in [-0.2, 0) is 11.3 Å². The molecule has 0 aliphatic carbocycles. The summed E-state index contributed by atoms with van der Waals surface area (Å²) in [6.45, 7) is 2.48. The first kappa shape index (κ1) is 11.4. The molecule has 0 aromatic heterocycles. The van der Waals surface area contributed by atoms with Crippen molar-refractivity contribution in [3.05, 3.63) is 29.6 Å². The Morgan fingerprint density at radius 3 is 2.94 bits per heavy atom. The van der Waals surface area contributed by atoms with E-state index in [1.807, 2.05) is 0 Å². The van der Waals surface area contributed by atoms with Gasteiger partial charge in [0, 0.05) is 32.8 Å². The maximum absolute atomic E-state index is 13.0.